The van der Waals surface area contributed by atoms with Crippen molar-refractivity contribution in [3.8, 4) is 11.1 Å². The summed E-state index contributed by atoms with van der Waals surface area (Å²) in [6.07, 6.45) is 0. The molecule has 0 aliphatic rings. The van der Waals surface area contributed by atoms with Gasteiger partial charge in [0, 0.05) is 16.8 Å². The molecule has 0 bridgehead atoms. The van der Waals surface area contributed by atoms with E-state index in [-0.39, 0.29) is 12.4 Å². The zero-order valence-electron chi connectivity index (χ0n) is 17.0. The first-order chi connectivity index (χ1) is 15.2. The van der Waals surface area contributed by atoms with Crippen molar-refractivity contribution in [3.05, 3.63) is 107 Å². The zero-order valence-corrected chi connectivity index (χ0v) is 17.8. The average molecular weight is 428 g/mol. The molecule has 154 valence electrons. The standard InChI is InChI=1S/C26H21NO3S/c1-2-30-26(29)24-21(18-12-6-3-7-13-18)22(23(28)19-14-8-4-9-15-19)25(31-24)27-20-16-10-5-11-17-20/h3-17,27H,2H2,1H3. The summed E-state index contributed by atoms with van der Waals surface area (Å²) in [5, 5.41) is 3.95. The quantitative estimate of drug-likeness (QED) is 0.268. The molecule has 0 saturated carbocycles. The van der Waals surface area contributed by atoms with Crippen molar-refractivity contribution in [1.82, 2.24) is 0 Å². The fourth-order valence-corrected chi connectivity index (χ4v) is 4.48. The van der Waals surface area contributed by atoms with Crippen LogP contribution in [0.25, 0.3) is 11.1 Å². The van der Waals surface area contributed by atoms with Gasteiger partial charge in [0.15, 0.2) is 5.78 Å². The normalized spacial score (nSPS) is 10.5. The second kappa shape index (κ2) is 9.41. The number of carbonyl (C=O) groups excluding carboxylic acids is 2. The number of hydrogen-bond acceptors (Lipinski definition) is 5. The lowest BCUT2D eigenvalue weighted by Gasteiger charge is -2.10. The van der Waals surface area contributed by atoms with Crippen LogP contribution in [0.1, 0.15) is 32.5 Å². The predicted octanol–water partition coefficient (Wildman–Crippen LogP) is 6.57. The highest BCUT2D eigenvalue weighted by molar-refractivity contribution is 7.19. The van der Waals surface area contributed by atoms with E-state index in [1.54, 1.807) is 19.1 Å². The number of benzene rings is 3. The third-order valence-corrected chi connectivity index (χ3v) is 5.81. The Bertz CT molecular complexity index is 1190. The molecule has 0 aliphatic heterocycles. The molecule has 1 N–H and O–H groups in total. The Morgan fingerprint density at radius 1 is 0.839 bits per heavy atom. The largest absolute Gasteiger partial charge is 0.462 e. The van der Waals surface area contributed by atoms with Crippen LogP contribution in [-0.4, -0.2) is 18.4 Å². The summed E-state index contributed by atoms with van der Waals surface area (Å²) >= 11 is 1.24. The van der Waals surface area contributed by atoms with E-state index in [1.165, 1.54) is 11.3 Å². The van der Waals surface area contributed by atoms with Crippen LogP contribution in [-0.2, 0) is 4.74 Å². The minimum Gasteiger partial charge on any atom is -0.462 e. The van der Waals surface area contributed by atoms with Gasteiger partial charge >= 0.3 is 5.97 Å². The van der Waals surface area contributed by atoms with Crippen molar-refractivity contribution in [3.63, 3.8) is 0 Å². The highest BCUT2D eigenvalue weighted by atomic mass is 32.1. The van der Waals surface area contributed by atoms with Gasteiger partial charge < -0.3 is 10.1 Å². The van der Waals surface area contributed by atoms with Gasteiger partial charge in [0.05, 0.1) is 12.2 Å². The summed E-state index contributed by atoms with van der Waals surface area (Å²) in [4.78, 5) is 26.9. The zero-order chi connectivity index (χ0) is 21.6. The third-order valence-electron chi connectivity index (χ3n) is 4.73. The SMILES string of the molecule is CCOC(=O)c1sc(Nc2ccccc2)c(C(=O)c2ccccc2)c1-c1ccccc1. The van der Waals surface area contributed by atoms with Crippen LogP contribution in [0.15, 0.2) is 91.0 Å². The van der Waals surface area contributed by atoms with Crippen LogP contribution in [0.2, 0.25) is 0 Å². The molecule has 1 heterocycles. The van der Waals surface area contributed by atoms with E-state index in [4.69, 9.17) is 4.74 Å². The van der Waals surface area contributed by atoms with Crippen molar-refractivity contribution in [2.45, 2.75) is 6.92 Å². The molecule has 1 aromatic heterocycles. The van der Waals surface area contributed by atoms with E-state index in [0.29, 0.717) is 26.6 Å². The highest BCUT2D eigenvalue weighted by Gasteiger charge is 2.29. The molecule has 0 fully saturated rings. The maximum atomic E-state index is 13.7. The minimum absolute atomic E-state index is 0.148. The monoisotopic (exact) mass is 427 g/mol. The molecular formula is C26H21NO3S. The summed E-state index contributed by atoms with van der Waals surface area (Å²) in [6, 6.07) is 28.2. The lowest BCUT2D eigenvalue weighted by molar-refractivity contribution is 0.0533. The van der Waals surface area contributed by atoms with Gasteiger partial charge in [-0.3, -0.25) is 4.79 Å². The topological polar surface area (TPSA) is 55.4 Å². The summed E-state index contributed by atoms with van der Waals surface area (Å²) in [7, 11) is 0. The number of rotatable bonds is 7. The molecule has 0 spiro atoms. The number of nitrogens with one attached hydrogen (secondary N) is 1. The molecule has 0 atom stereocenters. The Hall–Kier alpha value is -3.70. The fraction of sp³-hybridized carbons (Fsp3) is 0.0769. The van der Waals surface area contributed by atoms with Crippen molar-refractivity contribution < 1.29 is 14.3 Å². The van der Waals surface area contributed by atoms with Crippen LogP contribution in [0, 0.1) is 0 Å². The Morgan fingerprint density at radius 2 is 1.42 bits per heavy atom. The molecule has 31 heavy (non-hydrogen) atoms. The third kappa shape index (κ3) is 4.42. The maximum absolute atomic E-state index is 13.7. The second-order valence-corrected chi connectivity index (χ2v) is 7.80. The average Bonchev–Trinajstić information content (AvgIpc) is 3.19. The number of hydrogen-bond donors (Lipinski definition) is 1. The number of ketones is 1. The predicted molar refractivity (Wildman–Crippen MR) is 125 cm³/mol. The number of anilines is 2. The van der Waals surface area contributed by atoms with Crippen molar-refractivity contribution in [2.24, 2.45) is 0 Å². The van der Waals surface area contributed by atoms with Gasteiger partial charge in [0.2, 0.25) is 0 Å². The van der Waals surface area contributed by atoms with Crippen molar-refractivity contribution in [2.75, 3.05) is 11.9 Å². The maximum Gasteiger partial charge on any atom is 0.349 e. The molecule has 0 unspecified atom stereocenters. The smallest absolute Gasteiger partial charge is 0.349 e. The Morgan fingerprint density at radius 3 is 2.03 bits per heavy atom. The second-order valence-electron chi connectivity index (χ2n) is 6.78. The first-order valence-electron chi connectivity index (χ1n) is 10.00. The number of ether oxygens (including phenoxy) is 1. The molecule has 0 amide bonds. The lowest BCUT2D eigenvalue weighted by Crippen LogP contribution is -2.07. The van der Waals surface area contributed by atoms with Crippen LogP contribution < -0.4 is 5.32 Å². The Balaban J connectivity index is 1.95. The molecule has 0 saturated heterocycles. The molecule has 0 radical (unpaired) electrons. The molecule has 4 aromatic rings. The lowest BCUT2D eigenvalue weighted by atomic mass is 9.95. The molecule has 5 heteroatoms. The van der Waals surface area contributed by atoms with Crippen LogP contribution >= 0.6 is 11.3 Å². The number of thiophene rings is 1. The van der Waals surface area contributed by atoms with Gasteiger partial charge in [-0.15, -0.1) is 11.3 Å². The van der Waals surface area contributed by atoms with Crippen molar-refractivity contribution in [1.29, 1.82) is 0 Å². The molecule has 4 rings (SSSR count). The van der Waals surface area contributed by atoms with E-state index in [9.17, 15) is 9.59 Å². The highest BCUT2D eigenvalue weighted by Crippen LogP contribution is 2.43. The van der Waals surface area contributed by atoms with Gasteiger partial charge in [-0.25, -0.2) is 4.79 Å². The number of carbonyl (C=O) groups is 2. The summed E-state index contributed by atoms with van der Waals surface area (Å²) in [5.41, 5.74) is 3.25. The minimum atomic E-state index is -0.436. The summed E-state index contributed by atoms with van der Waals surface area (Å²) in [6.45, 7) is 2.03. The fourth-order valence-electron chi connectivity index (χ4n) is 3.34. The molecule has 0 aliphatic carbocycles. The van der Waals surface area contributed by atoms with E-state index < -0.39 is 5.97 Å². The molecule has 4 nitrogen and oxygen atoms in total. The van der Waals surface area contributed by atoms with E-state index in [1.807, 2.05) is 78.9 Å². The van der Waals surface area contributed by atoms with Crippen molar-refractivity contribution >= 4 is 33.8 Å². The van der Waals surface area contributed by atoms with E-state index in [0.717, 1.165) is 11.3 Å². The number of para-hydroxylation sites is 1. The van der Waals surface area contributed by atoms with Gasteiger partial charge in [0.1, 0.15) is 9.88 Å². The van der Waals surface area contributed by atoms with E-state index in [2.05, 4.69) is 5.32 Å². The first-order valence-corrected chi connectivity index (χ1v) is 10.8. The van der Waals surface area contributed by atoms with Crippen LogP contribution in [0.4, 0.5) is 10.7 Å². The molecular weight excluding hydrogens is 406 g/mol. The Kier molecular flexibility index (Phi) is 6.24. The van der Waals surface area contributed by atoms with Gasteiger partial charge in [-0.2, -0.15) is 0 Å². The molecule has 3 aromatic carbocycles. The number of esters is 1. The van der Waals surface area contributed by atoms with Gasteiger partial charge in [0.25, 0.3) is 0 Å². The van der Waals surface area contributed by atoms with Gasteiger partial charge in [-0.1, -0.05) is 78.9 Å². The van der Waals surface area contributed by atoms with Crippen LogP contribution in [0.5, 0.6) is 0 Å². The first kappa shape index (κ1) is 20.6. The Labute approximate surface area is 185 Å². The summed E-state index contributed by atoms with van der Waals surface area (Å²) < 4.78 is 5.33. The van der Waals surface area contributed by atoms with Crippen LogP contribution in [0.3, 0.4) is 0 Å². The van der Waals surface area contributed by atoms with E-state index >= 15 is 0 Å². The summed E-state index contributed by atoms with van der Waals surface area (Å²) in [5.74, 6) is -0.584. The van der Waals surface area contributed by atoms with Gasteiger partial charge in [-0.05, 0) is 24.6 Å².